The molecule has 208 valence electrons. The lowest BCUT2D eigenvalue weighted by atomic mass is 9.95. The average Bonchev–Trinajstić information content (AvgIpc) is 3.46. The minimum atomic E-state index is -1.09. The summed E-state index contributed by atoms with van der Waals surface area (Å²) in [5, 5.41) is 11.3. The Hall–Kier alpha value is -4.31. The van der Waals surface area contributed by atoms with Crippen molar-refractivity contribution in [3.63, 3.8) is 0 Å². The third-order valence-electron chi connectivity index (χ3n) is 6.26. The van der Waals surface area contributed by atoms with Gasteiger partial charge in [0.15, 0.2) is 5.13 Å². The summed E-state index contributed by atoms with van der Waals surface area (Å²) in [4.78, 5) is 45.2. The number of hydrogen-bond donors (Lipinski definition) is 1. The average molecular weight is 565 g/mol. The number of Topliss-reactive ketones (excluding diaryl/α,β-unsaturated/α-hetero) is 1. The number of anilines is 1. The minimum Gasteiger partial charge on any atom is -0.507 e. The van der Waals surface area contributed by atoms with Crippen LogP contribution in [-0.4, -0.2) is 41.0 Å². The molecule has 0 saturated carbocycles. The summed E-state index contributed by atoms with van der Waals surface area (Å²) in [6.45, 7) is 7.71. The van der Waals surface area contributed by atoms with Gasteiger partial charge in [-0.15, -0.1) is 0 Å². The number of unbranched alkanes of at least 4 members (excludes halogenated alkanes) is 2. The molecule has 40 heavy (non-hydrogen) atoms. The molecule has 1 N–H and O–H groups in total. The van der Waals surface area contributed by atoms with Crippen LogP contribution in [0, 0.1) is 12.7 Å². The second-order valence-corrected chi connectivity index (χ2v) is 10.1. The number of ether oxygens (including phenoxy) is 2. The van der Waals surface area contributed by atoms with Crippen molar-refractivity contribution in [2.24, 2.45) is 0 Å². The fraction of sp³-hybridized carbons (Fsp3) is 0.267. The summed E-state index contributed by atoms with van der Waals surface area (Å²) in [6, 6.07) is 10.8. The standard InChI is InChI=1S/C30H29FN2O6S/c1-4-6-7-16-38-22-10-8-9-20(17-22)24-23(25(34)19-11-13-21(31)14-12-19)26(35)28(36)33(24)30-32-18(3)27(40-30)29(37)39-15-5-2/h5,8-14,17,24,34H,2,4,6-7,15-16H2,1,3H3/b25-23+. The normalized spacial score (nSPS) is 16.3. The van der Waals surface area contributed by atoms with Gasteiger partial charge in [0.25, 0.3) is 5.78 Å². The number of ketones is 1. The Morgan fingerprint density at radius 3 is 2.65 bits per heavy atom. The maximum Gasteiger partial charge on any atom is 0.350 e. The van der Waals surface area contributed by atoms with Crippen molar-refractivity contribution in [1.29, 1.82) is 0 Å². The Kier molecular flexibility index (Phi) is 9.11. The Labute approximate surface area is 235 Å². The van der Waals surface area contributed by atoms with Crippen LogP contribution in [0.3, 0.4) is 0 Å². The fourth-order valence-electron chi connectivity index (χ4n) is 4.30. The molecule has 0 spiro atoms. The van der Waals surface area contributed by atoms with E-state index in [0.717, 1.165) is 47.6 Å². The molecule has 1 fully saturated rings. The molecule has 1 aliphatic heterocycles. The van der Waals surface area contributed by atoms with Gasteiger partial charge in [-0.1, -0.05) is 55.9 Å². The smallest absolute Gasteiger partial charge is 0.350 e. The first kappa shape index (κ1) is 28.7. The number of esters is 1. The molecule has 3 aromatic rings. The largest absolute Gasteiger partial charge is 0.507 e. The van der Waals surface area contributed by atoms with E-state index in [1.54, 1.807) is 31.2 Å². The van der Waals surface area contributed by atoms with E-state index in [1.807, 2.05) is 0 Å². The Morgan fingerprint density at radius 2 is 1.95 bits per heavy atom. The summed E-state index contributed by atoms with van der Waals surface area (Å²) in [7, 11) is 0. The van der Waals surface area contributed by atoms with E-state index >= 15 is 0 Å². The van der Waals surface area contributed by atoms with Crippen molar-refractivity contribution in [2.45, 2.75) is 39.2 Å². The van der Waals surface area contributed by atoms with Gasteiger partial charge in [-0.25, -0.2) is 14.2 Å². The molecular formula is C30H29FN2O6S. The van der Waals surface area contributed by atoms with Crippen LogP contribution in [-0.2, 0) is 14.3 Å². The van der Waals surface area contributed by atoms with Crippen LogP contribution in [0.2, 0.25) is 0 Å². The third kappa shape index (κ3) is 5.96. The van der Waals surface area contributed by atoms with Crippen LogP contribution >= 0.6 is 11.3 Å². The maximum atomic E-state index is 13.6. The second-order valence-electron chi connectivity index (χ2n) is 9.10. The minimum absolute atomic E-state index is 0.00125. The molecule has 1 amide bonds. The van der Waals surface area contributed by atoms with E-state index in [4.69, 9.17) is 9.47 Å². The van der Waals surface area contributed by atoms with Crippen LogP contribution in [0.1, 0.15) is 58.7 Å². The predicted octanol–water partition coefficient (Wildman–Crippen LogP) is 6.13. The summed E-state index contributed by atoms with van der Waals surface area (Å²) in [5.74, 6) is -2.95. The number of benzene rings is 2. The van der Waals surface area contributed by atoms with Gasteiger partial charge in [-0.05, 0) is 55.3 Å². The van der Waals surface area contributed by atoms with Crippen LogP contribution in [0.15, 0.2) is 66.8 Å². The number of aryl methyl sites for hydroxylation is 1. The molecule has 0 bridgehead atoms. The SMILES string of the molecule is C=CCOC(=O)c1sc(N2C(=O)C(=O)/C(=C(/O)c3ccc(F)cc3)C2c2cccc(OCCCCC)c2)nc1C. The summed E-state index contributed by atoms with van der Waals surface area (Å²) in [6.07, 6.45) is 4.35. The predicted molar refractivity (Wildman–Crippen MR) is 150 cm³/mol. The van der Waals surface area contributed by atoms with E-state index < -0.39 is 35.3 Å². The van der Waals surface area contributed by atoms with Gasteiger partial charge < -0.3 is 14.6 Å². The van der Waals surface area contributed by atoms with E-state index in [1.165, 1.54) is 18.2 Å². The summed E-state index contributed by atoms with van der Waals surface area (Å²) >= 11 is 0.902. The number of rotatable bonds is 11. The lowest BCUT2D eigenvalue weighted by Gasteiger charge is -2.23. The number of aromatic nitrogens is 1. The summed E-state index contributed by atoms with van der Waals surface area (Å²) < 4.78 is 24.6. The van der Waals surface area contributed by atoms with Gasteiger partial charge in [0, 0.05) is 5.56 Å². The van der Waals surface area contributed by atoms with E-state index in [2.05, 4.69) is 18.5 Å². The van der Waals surface area contributed by atoms with Gasteiger partial charge in [-0.2, -0.15) is 0 Å². The van der Waals surface area contributed by atoms with Gasteiger partial charge >= 0.3 is 11.9 Å². The number of carbonyl (C=O) groups is 3. The zero-order valence-corrected chi connectivity index (χ0v) is 23.0. The molecule has 1 aliphatic rings. The highest BCUT2D eigenvalue weighted by Gasteiger charge is 2.48. The Bertz CT molecular complexity index is 1460. The maximum absolute atomic E-state index is 13.6. The van der Waals surface area contributed by atoms with Crippen LogP contribution in [0.5, 0.6) is 5.75 Å². The van der Waals surface area contributed by atoms with Crippen LogP contribution in [0.25, 0.3) is 5.76 Å². The fourth-order valence-corrected chi connectivity index (χ4v) is 5.29. The first-order chi connectivity index (χ1) is 19.3. The van der Waals surface area contributed by atoms with Gasteiger partial charge in [0.1, 0.15) is 28.8 Å². The summed E-state index contributed by atoms with van der Waals surface area (Å²) in [5.41, 5.74) is 0.782. The zero-order chi connectivity index (χ0) is 28.8. The van der Waals surface area contributed by atoms with Crippen molar-refractivity contribution in [3.05, 3.63) is 94.3 Å². The number of amides is 1. The van der Waals surface area contributed by atoms with E-state index in [0.29, 0.717) is 23.6 Å². The topological polar surface area (TPSA) is 106 Å². The first-order valence-corrected chi connectivity index (χ1v) is 13.6. The molecule has 0 radical (unpaired) electrons. The first-order valence-electron chi connectivity index (χ1n) is 12.8. The van der Waals surface area contributed by atoms with Crippen molar-refractivity contribution in [3.8, 4) is 5.75 Å². The number of aliphatic hydroxyl groups is 1. The molecule has 1 unspecified atom stereocenters. The zero-order valence-electron chi connectivity index (χ0n) is 22.2. The van der Waals surface area contributed by atoms with Crippen LogP contribution in [0.4, 0.5) is 9.52 Å². The molecule has 0 aliphatic carbocycles. The Morgan fingerprint density at radius 1 is 1.20 bits per heavy atom. The van der Waals surface area contributed by atoms with Crippen molar-refractivity contribution in [2.75, 3.05) is 18.1 Å². The van der Waals surface area contributed by atoms with Crippen molar-refractivity contribution < 1.29 is 33.4 Å². The molecular weight excluding hydrogens is 535 g/mol. The lowest BCUT2D eigenvalue weighted by Crippen LogP contribution is -2.29. The molecule has 10 heteroatoms. The van der Waals surface area contributed by atoms with E-state index in [-0.39, 0.29) is 27.8 Å². The number of hydrogen-bond acceptors (Lipinski definition) is 8. The molecule has 8 nitrogen and oxygen atoms in total. The molecule has 1 saturated heterocycles. The van der Waals surface area contributed by atoms with Crippen molar-refractivity contribution in [1.82, 2.24) is 4.98 Å². The second kappa shape index (κ2) is 12.7. The quantitative estimate of drug-likeness (QED) is 0.0746. The molecule has 2 aromatic carbocycles. The number of aliphatic hydroxyl groups excluding tert-OH is 1. The van der Waals surface area contributed by atoms with Crippen LogP contribution < -0.4 is 9.64 Å². The highest BCUT2D eigenvalue weighted by atomic mass is 32.1. The highest BCUT2D eigenvalue weighted by molar-refractivity contribution is 7.17. The van der Waals surface area contributed by atoms with Gasteiger partial charge in [-0.3, -0.25) is 14.5 Å². The highest BCUT2D eigenvalue weighted by Crippen LogP contribution is 2.44. The number of thiazole rings is 1. The van der Waals surface area contributed by atoms with Gasteiger partial charge in [0.2, 0.25) is 0 Å². The third-order valence-corrected chi connectivity index (χ3v) is 7.40. The lowest BCUT2D eigenvalue weighted by molar-refractivity contribution is -0.132. The van der Waals surface area contributed by atoms with Crippen molar-refractivity contribution >= 4 is 39.9 Å². The molecule has 1 aromatic heterocycles. The molecule has 1 atom stereocenters. The monoisotopic (exact) mass is 564 g/mol. The Balaban J connectivity index is 1.83. The number of nitrogens with zero attached hydrogens (tertiary/aromatic N) is 2. The molecule has 2 heterocycles. The molecule has 4 rings (SSSR count). The number of halogens is 1. The van der Waals surface area contributed by atoms with E-state index in [9.17, 15) is 23.9 Å². The number of carbonyl (C=O) groups excluding carboxylic acids is 3. The van der Waals surface area contributed by atoms with Gasteiger partial charge in [0.05, 0.1) is 23.9 Å².